The molecule has 3 atom stereocenters. The van der Waals surface area contributed by atoms with E-state index < -0.39 is 24.2 Å². The molecule has 158 valence electrons. The smallest absolute Gasteiger partial charge is 0.361 e. The number of hydrogen-bond acceptors (Lipinski definition) is 4. The van der Waals surface area contributed by atoms with E-state index in [1.165, 1.54) is 11.3 Å². The lowest BCUT2D eigenvalue weighted by molar-refractivity contribution is -0.173. The molecule has 2 aromatic heterocycles. The highest BCUT2D eigenvalue weighted by molar-refractivity contribution is 7.10. The van der Waals surface area contributed by atoms with Crippen LogP contribution in [0, 0.1) is 0 Å². The molecular formula is C20H18ClF3N4OS. The van der Waals surface area contributed by atoms with E-state index in [4.69, 9.17) is 11.6 Å². The normalized spacial score (nSPS) is 19.6. The fourth-order valence-electron chi connectivity index (χ4n) is 3.50. The number of amides is 1. The Balaban J connectivity index is 1.65. The van der Waals surface area contributed by atoms with Gasteiger partial charge in [-0.25, -0.2) is 4.68 Å². The number of benzene rings is 1. The van der Waals surface area contributed by atoms with E-state index in [0.29, 0.717) is 0 Å². The molecule has 0 saturated carbocycles. The summed E-state index contributed by atoms with van der Waals surface area (Å²) in [6.07, 6.45) is -4.77. The van der Waals surface area contributed by atoms with Gasteiger partial charge in [0.25, 0.3) is 5.91 Å². The first kappa shape index (κ1) is 20.7. The van der Waals surface area contributed by atoms with E-state index in [-0.39, 0.29) is 29.0 Å². The Morgan fingerprint density at radius 2 is 2.03 bits per heavy atom. The van der Waals surface area contributed by atoms with Gasteiger partial charge in [-0.1, -0.05) is 48.0 Å². The third kappa shape index (κ3) is 3.91. The van der Waals surface area contributed by atoms with Crippen LogP contribution in [0.2, 0.25) is 5.02 Å². The molecule has 1 aromatic carbocycles. The molecule has 0 spiro atoms. The highest BCUT2D eigenvalue weighted by Crippen LogP contribution is 2.46. The molecule has 0 unspecified atom stereocenters. The fourth-order valence-corrected chi connectivity index (χ4v) is 4.56. The van der Waals surface area contributed by atoms with Gasteiger partial charge < -0.3 is 10.6 Å². The first-order valence-electron chi connectivity index (χ1n) is 9.26. The summed E-state index contributed by atoms with van der Waals surface area (Å²) in [6, 6.07) is 9.95. The lowest BCUT2D eigenvalue weighted by Crippen LogP contribution is -2.35. The summed E-state index contributed by atoms with van der Waals surface area (Å²) in [5.74, 6) is -0.630. The number of carbonyl (C=O) groups excluding carboxylic acids is 1. The number of alkyl halides is 3. The molecule has 1 aliphatic rings. The number of aromatic nitrogens is 2. The van der Waals surface area contributed by atoms with Crippen LogP contribution in [0.1, 0.15) is 52.4 Å². The molecule has 2 N–H and O–H groups in total. The van der Waals surface area contributed by atoms with E-state index in [1.807, 2.05) is 30.3 Å². The summed E-state index contributed by atoms with van der Waals surface area (Å²) in [5, 5.41) is 11.4. The first-order valence-corrected chi connectivity index (χ1v) is 10.5. The Kier molecular flexibility index (Phi) is 5.50. The van der Waals surface area contributed by atoms with Gasteiger partial charge in [-0.15, -0.1) is 11.3 Å². The van der Waals surface area contributed by atoms with Crippen molar-refractivity contribution in [2.24, 2.45) is 0 Å². The maximum Gasteiger partial charge on any atom is 0.410 e. The van der Waals surface area contributed by atoms with Gasteiger partial charge in [0.1, 0.15) is 10.8 Å². The summed E-state index contributed by atoms with van der Waals surface area (Å²) in [5.41, 5.74) is 0.623. The van der Waals surface area contributed by atoms with Gasteiger partial charge in [0.15, 0.2) is 11.7 Å². The first-order chi connectivity index (χ1) is 14.3. The molecule has 0 radical (unpaired) electrons. The molecule has 3 heterocycles. The molecule has 10 heteroatoms. The van der Waals surface area contributed by atoms with Crippen molar-refractivity contribution in [1.29, 1.82) is 0 Å². The molecule has 0 aliphatic carbocycles. The third-order valence-corrected chi connectivity index (χ3v) is 6.39. The highest BCUT2D eigenvalue weighted by Gasteiger charge is 2.48. The van der Waals surface area contributed by atoms with E-state index >= 15 is 0 Å². The number of thiophene rings is 1. The van der Waals surface area contributed by atoms with Crippen LogP contribution in [0.25, 0.3) is 0 Å². The predicted molar refractivity (Wildman–Crippen MR) is 110 cm³/mol. The zero-order valence-corrected chi connectivity index (χ0v) is 17.4. The molecule has 0 saturated heterocycles. The number of nitrogens with zero attached hydrogens (tertiary/aromatic N) is 2. The Bertz CT molecular complexity index is 1040. The van der Waals surface area contributed by atoms with E-state index in [9.17, 15) is 18.0 Å². The van der Waals surface area contributed by atoms with Gasteiger partial charge in [0, 0.05) is 11.3 Å². The van der Waals surface area contributed by atoms with Crippen molar-refractivity contribution in [3.05, 3.63) is 69.0 Å². The molecule has 0 bridgehead atoms. The van der Waals surface area contributed by atoms with Crippen LogP contribution in [0.15, 0.2) is 47.8 Å². The van der Waals surface area contributed by atoms with Gasteiger partial charge in [-0.05, 0) is 23.9 Å². The lowest BCUT2D eigenvalue weighted by atomic mass is 10.0. The van der Waals surface area contributed by atoms with Gasteiger partial charge >= 0.3 is 6.18 Å². The number of hydrogen-bond donors (Lipinski definition) is 2. The standard InChI is InChI=1S/C20H18ClF3N4OS/c1-11(12-6-3-2-4-7-12)25-19(29)17-16(21)18-26-13(14-8-5-9-30-14)10-15(20(22,23)24)28(18)27-17/h2-9,11,13,15,26H,10H2,1H3,(H,25,29)/t11-,13+,15-/m1/s1. The molecule has 1 amide bonds. The van der Waals surface area contributed by atoms with E-state index in [1.54, 1.807) is 24.4 Å². The van der Waals surface area contributed by atoms with Crippen LogP contribution in [0.3, 0.4) is 0 Å². The maximum atomic E-state index is 13.8. The maximum absolute atomic E-state index is 13.8. The van der Waals surface area contributed by atoms with Crippen molar-refractivity contribution >= 4 is 34.7 Å². The second-order valence-electron chi connectivity index (χ2n) is 7.07. The van der Waals surface area contributed by atoms with Crippen LogP contribution < -0.4 is 10.6 Å². The molecular weight excluding hydrogens is 437 g/mol. The quantitative estimate of drug-likeness (QED) is 0.527. The molecule has 1 aliphatic heterocycles. The second kappa shape index (κ2) is 7.96. The van der Waals surface area contributed by atoms with Gasteiger partial charge in [-0.3, -0.25) is 4.79 Å². The summed E-state index contributed by atoms with van der Waals surface area (Å²) in [7, 11) is 0. The lowest BCUT2D eigenvalue weighted by Gasteiger charge is -2.32. The number of rotatable bonds is 4. The average Bonchev–Trinajstić information content (AvgIpc) is 3.36. The zero-order chi connectivity index (χ0) is 21.5. The summed E-state index contributed by atoms with van der Waals surface area (Å²) >= 11 is 7.70. The molecule has 0 fully saturated rings. The molecule has 3 aromatic rings. The van der Waals surface area contributed by atoms with Crippen LogP contribution in [-0.2, 0) is 0 Å². The van der Waals surface area contributed by atoms with Gasteiger partial charge in [0.05, 0.1) is 12.1 Å². The minimum atomic E-state index is -4.53. The summed E-state index contributed by atoms with van der Waals surface area (Å²) in [6.45, 7) is 1.78. The third-order valence-electron chi connectivity index (χ3n) is 5.04. The van der Waals surface area contributed by atoms with Crippen molar-refractivity contribution in [3.63, 3.8) is 0 Å². The minimum Gasteiger partial charge on any atom is -0.361 e. The average molecular weight is 455 g/mol. The zero-order valence-electron chi connectivity index (χ0n) is 15.8. The van der Waals surface area contributed by atoms with Gasteiger partial charge in [-0.2, -0.15) is 18.3 Å². The van der Waals surface area contributed by atoms with Crippen LogP contribution in [-0.4, -0.2) is 21.9 Å². The largest absolute Gasteiger partial charge is 0.410 e. The monoisotopic (exact) mass is 454 g/mol. The van der Waals surface area contributed by atoms with Crippen molar-refractivity contribution in [1.82, 2.24) is 15.1 Å². The number of halogens is 4. The Hall–Kier alpha value is -2.52. The van der Waals surface area contributed by atoms with Crippen LogP contribution in [0.5, 0.6) is 0 Å². The van der Waals surface area contributed by atoms with Crippen molar-refractivity contribution in [3.8, 4) is 0 Å². The number of carbonyl (C=O) groups is 1. The molecule has 4 rings (SSSR count). The Labute approximate surface area is 179 Å². The number of anilines is 1. The molecule has 30 heavy (non-hydrogen) atoms. The summed E-state index contributed by atoms with van der Waals surface area (Å²) in [4.78, 5) is 13.5. The Morgan fingerprint density at radius 1 is 1.30 bits per heavy atom. The van der Waals surface area contributed by atoms with E-state index in [0.717, 1.165) is 15.1 Å². The molecule has 5 nitrogen and oxygen atoms in total. The Morgan fingerprint density at radius 3 is 2.67 bits per heavy atom. The predicted octanol–water partition coefficient (Wildman–Crippen LogP) is 5.75. The summed E-state index contributed by atoms with van der Waals surface area (Å²) < 4.78 is 42.1. The van der Waals surface area contributed by atoms with Crippen molar-refractivity contribution in [2.45, 2.75) is 37.6 Å². The van der Waals surface area contributed by atoms with Crippen molar-refractivity contribution < 1.29 is 18.0 Å². The topological polar surface area (TPSA) is 59.0 Å². The van der Waals surface area contributed by atoms with Gasteiger partial charge in [0.2, 0.25) is 0 Å². The SMILES string of the molecule is C[C@@H](NC(=O)c1nn2c(c1Cl)N[C@H](c1cccs1)C[C@@H]2C(F)(F)F)c1ccccc1. The highest BCUT2D eigenvalue weighted by atomic mass is 35.5. The minimum absolute atomic E-state index is 0.00107. The second-order valence-corrected chi connectivity index (χ2v) is 8.42. The fraction of sp³-hybridized carbons (Fsp3) is 0.300. The number of fused-ring (bicyclic) bond motifs is 1. The van der Waals surface area contributed by atoms with Crippen LogP contribution >= 0.6 is 22.9 Å². The number of nitrogens with one attached hydrogen (secondary N) is 2. The van der Waals surface area contributed by atoms with Crippen molar-refractivity contribution in [2.75, 3.05) is 5.32 Å². The van der Waals surface area contributed by atoms with E-state index in [2.05, 4.69) is 15.7 Å². The van der Waals surface area contributed by atoms with Crippen LogP contribution in [0.4, 0.5) is 19.0 Å².